The van der Waals surface area contributed by atoms with Crippen LogP contribution in [0.25, 0.3) is 0 Å². The van der Waals surface area contributed by atoms with E-state index in [4.69, 9.17) is 16.3 Å². The molecule has 1 atom stereocenters. The van der Waals surface area contributed by atoms with Crippen molar-refractivity contribution < 1.29 is 22.7 Å². The van der Waals surface area contributed by atoms with E-state index in [-0.39, 0.29) is 18.1 Å². The third-order valence-electron chi connectivity index (χ3n) is 5.60. The zero-order chi connectivity index (χ0) is 23.6. The summed E-state index contributed by atoms with van der Waals surface area (Å²) in [6.45, 7) is 5.42. The lowest BCUT2D eigenvalue weighted by atomic mass is 9.98. The molecule has 0 spiro atoms. The Morgan fingerprint density at radius 2 is 1.91 bits per heavy atom. The minimum Gasteiger partial charge on any atom is -0.452 e. The van der Waals surface area contributed by atoms with Crippen molar-refractivity contribution in [3.05, 3.63) is 40.8 Å². The summed E-state index contributed by atoms with van der Waals surface area (Å²) in [6.07, 6.45) is 1.10. The van der Waals surface area contributed by atoms with Crippen LogP contribution in [0.15, 0.2) is 29.4 Å². The zero-order valence-corrected chi connectivity index (χ0v) is 20.0. The summed E-state index contributed by atoms with van der Waals surface area (Å²) in [5, 5.41) is 3.20. The molecule has 1 N–H and O–H groups in total. The number of ether oxygens (including phenoxy) is 1. The Morgan fingerprint density at radius 3 is 2.50 bits per heavy atom. The normalized spacial score (nSPS) is 16.5. The Morgan fingerprint density at radius 1 is 1.25 bits per heavy atom. The summed E-state index contributed by atoms with van der Waals surface area (Å²) >= 11 is 5.97. The van der Waals surface area contributed by atoms with E-state index in [1.807, 2.05) is 6.92 Å². The Bertz CT molecular complexity index is 1100. The predicted octanol–water partition coefficient (Wildman–Crippen LogP) is 2.66. The molecule has 174 valence electrons. The maximum atomic E-state index is 12.8. The number of nitrogens with one attached hydrogen (secondary N) is 1. The number of hydrogen-bond donors (Lipinski definition) is 1. The average Bonchev–Trinajstić information content (AvgIpc) is 3.10. The number of aromatic nitrogens is 2. The molecule has 32 heavy (non-hydrogen) atoms. The van der Waals surface area contributed by atoms with Gasteiger partial charge in [-0.1, -0.05) is 17.7 Å². The second-order valence-corrected chi connectivity index (χ2v) is 10.3. The largest absolute Gasteiger partial charge is 0.452 e. The van der Waals surface area contributed by atoms with Crippen molar-refractivity contribution in [3.63, 3.8) is 0 Å². The monoisotopic (exact) mass is 482 g/mol. The fourth-order valence-corrected chi connectivity index (χ4v) is 5.07. The summed E-state index contributed by atoms with van der Waals surface area (Å²) in [5.74, 6) is -0.854. The van der Waals surface area contributed by atoms with Crippen molar-refractivity contribution in [2.45, 2.75) is 44.7 Å². The number of aryl methyl sites for hydroxylation is 3. The molecule has 2 heterocycles. The van der Waals surface area contributed by atoms with Gasteiger partial charge >= 0.3 is 5.97 Å². The van der Waals surface area contributed by atoms with E-state index in [1.165, 1.54) is 17.4 Å². The SMILES string of the molecule is Cc1ccc(Cl)cc1NC(=O)C(C)OC(=O)C1CCN(S(=O)(=O)c2cn(C)c(C)n2)CC1. The highest BCUT2D eigenvalue weighted by Crippen LogP contribution is 2.25. The van der Waals surface area contributed by atoms with Gasteiger partial charge in [0.1, 0.15) is 5.82 Å². The first-order valence-electron chi connectivity index (χ1n) is 10.3. The van der Waals surface area contributed by atoms with Crippen LogP contribution in [0.3, 0.4) is 0 Å². The molecule has 1 aliphatic heterocycles. The Balaban J connectivity index is 1.54. The second kappa shape index (κ2) is 9.60. The lowest BCUT2D eigenvalue weighted by Gasteiger charge is -2.30. The van der Waals surface area contributed by atoms with Gasteiger partial charge in [0.15, 0.2) is 11.1 Å². The summed E-state index contributed by atoms with van der Waals surface area (Å²) < 4.78 is 33.9. The first-order valence-corrected chi connectivity index (χ1v) is 12.1. The standard InChI is InChI=1S/C21H27ClN4O5S/c1-13-5-6-17(22)11-18(13)24-20(27)14(2)31-21(28)16-7-9-26(10-8-16)32(29,30)19-12-25(4)15(3)23-19/h5-6,11-12,14,16H,7-10H2,1-4H3,(H,24,27). The van der Waals surface area contributed by atoms with Crippen molar-refractivity contribution in [1.82, 2.24) is 13.9 Å². The number of nitrogens with zero attached hydrogens (tertiary/aromatic N) is 3. The van der Waals surface area contributed by atoms with Crippen LogP contribution in [0, 0.1) is 19.8 Å². The molecular weight excluding hydrogens is 456 g/mol. The zero-order valence-electron chi connectivity index (χ0n) is 18.5. The van der Waals surface area contributed by atoms with E-state index >= 15 is 0 Å². The van der Waals surface area contributed by atoms with Crippen LogP contribution in [-0.4, -0.2) is 53.3 Å². The second-order valence-electron chi connectivity index (χ2n) is 7.94. The van der Waals surface area contributed by atoms with Crippen LogP contribution in [0.5, 0.6) is 0 Å². The number of rotatable bonds is 6. The van der Waals surface area contributed by atoms with E-state index in [2.05, 4.69) is 10.3 Å². The molecule has 1 saturated heterocycles. The number of amides is 1. The van der Waals surface area contributed by atoms with Crippen molar-refractivity contribution in [2.24, 2.45) is 13.0 Å². The molecule has 0 radical (unpaired) electrons. The van der Waals surface area contributed by atoms with E-state index < -0.39 is 33.9 Å². The van der Waals surface area contributed by atoms with Crippen LogP contribution >= 0.6 is 11.6 Å². The number of piperidine rings is 1. The highest BCUT2D eigenvalue weighted by Gasteiger charge is 2.35. The van der Waals surface area contributed by atoms with Gasteiger partial charge in [-0.3, -0.25) is 9.59 Å². The summed E-state index contributed by atoms with van der Waals surface area (Å²) in [7, 11) is -1.99. The van der Waals surface area contributed by atoms with Gasteiger partial charge < -0.3 is 14.6 Å². The molecule has 9 nitrogen and oxygen atoms in total. The minimum absolute atomic E-state index is 0.000119. The van der Waals surface area contributed by atoms with Gasteiger partial charge in [-0.15, -0.1) is 0 Å². The molecule has 1 aliphatic rings. The maximum absolute atomic E-state index is 12.8. The van der Waals surface area contributed by atoms with E-state index in [0.29, 0.717) is 29.4 Å². The van der Waals surface area contributed by atoms with Crippen molar-refractivity contribution >= 4 is 39.2 Å². The van der Waals surface area contributed by atoms with Crippen LogP contribution in [0.4, 0.5) is 5.69 Å². The molecule has 1 fully saturated rings. The fraction of sp³-hybridized carbons (Fsp3) is 0.476. The first kappa shape index (κ1) is 24.2. The number of benzene rings is 1. The number of imidazole rings is 1. The number of anilines is 1. The molecule has 1 aromatic carbocycles. The highest BCUT2D eigenvalue weighted by atomic mass is 35.5. The van der Waals surface area contributed by atoms with Gasteiger partial charge in [0.25, 0.3) is 15.9 Å². The smallest absolute Gasteiger partial charge is 0.309 e. The number of halogens is 1. The summed E-state index contributed by atoms with van der Waals surface area (Å²) in [4.78, 5) is 29.1. The Hall–Kier alpha value is -2.43. The number of carbonyl (C=O) groups is 2. The third-order valence-corrected chi connectivity index (χ3v) is 7.60. The number of sulfonamides is 1. The average molecular weight is 483 g/mol. The molecule has 1 aromatic heterocycles. The molecule has 1 unspecified atom stereocenters. The van der Waals surface area contributed by atoms with Gasteiger partial charge in [-0.25, -0.2) is 13.4 Å². The maximum Gasteiger partial charge on any atom is 0.309 e. The fourth-order valence-electron chi connectivity index (χ4n) is 3.40. The van der Waals surface area contributed by atoms with Crippen molar-refractivity contribution in [3.8, 4) is 0 Å². The van der Waals surface area contributed by atoms with Gasteiger partial charge in [-0.05, 0) is 51.3 Å². The molecule has 11 heteroatoms. The molecule has 3 rings (SSSR count). The molecular formula is C21H27ClN4O5S. The van der Waals surface area contributed by atoms with Crippen LogP contribution in [-0.2, 0) is 31.4 Å². The van der Waals surface area contributed by atoms with Crippen LogP contribution < -0.4 is 5.32 Å². The Kier molecular flexibility index (Phi) is 7.26. The van der Waals surface area contributed by atoms with Crippen LogP contribution in [0.2, 0.25) is 5.02 Å². The van der Waals surface area contributed by atoms with Crippen molar-refractivity contribution in [2.75, 3.05) is 18.4 Å². The van der Waals surface area contributed by atoms with Gasteiger partial charge in [0.05, 0.1) is 5.92 Å². The summed E-state index contributed by atoms with van der Waals surface area (Å²) in [5.41, 5.74) is 1.38. The van der Waals surface area contributed by atoms with E-state index in [0.717, 1.165) is 5.56 Å². The number of hydrogen-bond acceptors (Lipinski definition) is 6. The molecule has 0 bridgehead atoms. The number of carbonyl (C=O) groups excluding carboxylic acids is 2. The third kappa shape index (κ3) is 5.31. The molecule has 1 amide bonds. The highest BCUT2D eigenvalue weighted by molar-refractivity contribution is 7.89. The van der Waals surface area contributed by atoms with E-state index in [1.54, 1.807) is 36.7 Å². The lowest BCUT2D eigenvalue weighted by molar-refractivity contribution is -0.158. The summed E-state index contributed by atoms with van der Waals surface area (Å²) in [6, 6.07) is 5.13. The molecule has 0 aliphatic carbocycles. The van der Waals surface area contributed by atoms with Gasteiger partial charge in [0, 0.05) is 37.0 Å². The molecule has 2 aromatic rings. The van der Waals surface area contributed by atoms with Gasteiger partial charge in [0.2, 0.25) is 0 Å². The van der Waals surface area contributed by atoms with E-state index in [9.17, 15) is 18.0 Å². The number of esters is 1. The predicted molar refractivity (Wildman–Crippen MR) is 120 cm³/mol. The Labute approximate surface area is 192 Å². The van der Waals surface area contributed by atoms with Crippen LogP contribution in [0.1, 0.15) is 31.2 Å². The minimum atomic E-state index is -3.72. The lowest BCUT2D eigenvalue weighted by Crippen LogP contribution is -2.41. The quantitative estimate of drug-likeness (QED) is 0.634. The van der Waals surface area contributed by atoms with Crippen molar-refractivity contribution in [1.29, 1.82) is 0 Å². The topological polar surface area (TPSA) is 111 Å². The molecule has 0 saturated carbocycles. The first-order chi connectivity index (χ1) is 15.0. The van der Waals surface area contributed by atoms with Gasteiger partial charge in [-0.2, -0.15) is 4.31 Å².